The minimum atomic E-state index is -0.351. The molecule has 0 amide bonds. The van der Waals surface area contributed by atoms with Crippen molar-refractivity contribution >= 4 is 11.6 Å². The number of benzene rings is 1. The zero-order valence-electron chi connectivity index (χ0n) is 7.24. The van der Waals surface area contributed by atoms with Gasteiger partial charge in [-0.25, -0.2) is 0 Å². The van der Waals surface area contributed by atoms with Crippen LogP contribution in [0.1, 0.15) is 6.92 Å². The van der Waals surface area contributed by atoms with Gasteiger partial charge in [0.15, 0.2) is 0 Å². The summed E-state index contributed by atoms with van der Waals surface area (Å²) in [6.07, 6.45) is 0. The van der Waals surface area contributed by atoms with Gasteiger partial charge in [0, 0.05) is 0 Å². The minimum Gasteiger partial charge on any atom is -0.490 e. The maximum atomic E-state index is 10.0. The third kappa shape index (κ3) is 3.03. The predicted molar refractivity (Wildman–Crippen MR) is 52.2 cm³/mol. The molecule has 1 unspecified atom stereocenters. The molecule has 0 heterocycles. The standard InChI is InChI=1S/C9H10ClNO2/c1-7(11-12)6-13-9-5-3-2-4-8(9)10/h2-5,7H,6H2,1H3. The van der Waals surface area contributed by atoms with Crippen molar-refractivity contribution in [3.8, 4) is 5.75 Å². The van der Waals surface area contributed by atoms with E-state index in [0.717, 1.165) is 0 Å². The van der Waals surface area contributed by atoms with Crippen LogP contribution in [0.3, 0.4) is 0 Å². The second kappa shape index (κ2) is 4.82. The van der Waals surface area contributed by atoms with Gasteiger partial charge in [-0.2, -0.15) is 4.91 Å². The number of nitrogens with zero attached hydrogens (tertiary/aromatic N) is 1. The van der Waals surface area contributed by atoms with E-state index < -0.39 is 0 Å². The van der Waals surface area contributed by atoms with Crippen molar-refractivity contribution in [1.29, 1.82) is 0 Å². The smallest absolute Gasteiger partial charge is 0.137 e. The van der Waals surface area contributed by atoms with E-state index in [-0.39, 0.29) is 12.6 Å². The highest BCUT2D eigenvalue weighted by Crippen LogP contribution is 2.23. The summed E-state index contributed by atoms with van der Waals surface area (Å²) in [7, 11) is 0. The third-order valence-electron chi connectivity index (χ3n) is 1.50. The first kappa shape index (κ1) is 9.99. The molecule has 0 saturated heterocycles. The van der Waals surface area contributed by atoms with Crippen molar-refractivity contribution in [3.63, 3.8) is 0 Å². The molecule has 1 rings (SSSR count). The highest BCUT2D eigenvalue weighted by atomic mass is 35.5. The molecule has 0 aromatic heterocycles. The Morgan fingerprint density at radius 2 is 2.23 bits per heavy atom. The van der Waals surface area contributed by atoms with Gasteiger partial charge >= 0.3 is 0 Å². The van der Waals surface area contributed by atoms with Crippen molar-refractivity contribution < 1.29 is 4.74 Å². The van der Waals surface area contributed by atoms with Crippen LogP contribution >= 0.6 is 11.6 Å². The average Bonchev–Trinajstić information content (AvgIpc) is 2.16. The Bertz CT molecular complexity index is 291. The summed E-state index contributed by atoms with van der Waals surface area (Å²) in [6.45, 7) is 1.94. The summed E-state index contributed by atoms with van der Waals surface area (Å²) < 4.78 is 5.26. The van der Waals surface area contributed by atoms with Crippen LogP contribution in [-0.4, -0.2) is 12.6 Å². The molecular weight excluding hydrogens is 190 g/mol. The van der Waals surface area contributed by atoms with Crippen molar-refractivity contribution in [2.45, 2.75) is 13.0 Å². The Balaban J connectivity index is 2.54. The normalized spacial score (nSPS) is 12.2. The summed E-state index contributed by atoms with van der Waals surface area (Å²) in [5.41, 5.74) is 0. The van der Waals surface area contributed by atoms with Crippen LogP contribution in [0.5, 0.6) is 5.75 Å². The molecule has 1 aromatic rings. The quantitative estimate of drug-likeness (QED) is 0.700. The maximum Gasteiger partial charge on any atom is 0.137 e. The van der Waals surface area contributed by atoms with Crippen LogP contribution in [-0.2, 0) is 0 Å². The van der Waals surface area contributed by atoms with Gasteiger partial charge in [0.25, 0.3) is 0 Å². The van der Waals surface area contributed by atoms with Crippen LogP contribution in [0.2, 0.25) is 5.02 Å². The van der Waals surface area contributed by atoms with Gasteiger partial charge < -0.3 is 4.74 Å². The Labute approximate surface area is 81.6 Å². The lowest BCUT2D eigenvalue weighted by Crippen LogP contribution is -2.10. The lowest BCUT2D eigenvalue weighted by Gasteiger charge is -2.07. The van der Waals surface area contributed by atoms with Crippen LogP contribution in [0.4, 0.5) is 0 Å². The highest BCUT2D eigenvalue weighted by Gasteiger charge is 2.03. The van der Waals surface area contributed by atoms with Gasteiger partial charge in [-0.3, -0.25) is 0 Å². The highest BCUT2D eigenvalue weighted by molar-refractivity contribution is 6.32. The largest absolute Gasteiger partial charge is 0.490 e. The number of nitroso groups, excluding NO2 is 1. The molecule has 0 fully saturated rings. The van der Waals surface area contributed by atoms with E-state index in [0.29, 0.717) is 10.8 Å². The topological polar surface area (TPSA) is 38.7 Å². The molecule has 0 bridgehead atoms. The Morgan fingerprint density at radius 1 is 1.54 bits per heavy atom. The fraction of sp³-hybridized carbons (Fsp3) is 0.333. The van der Waals surface area contributed by atoms with E-state index in [9.17, 15) is 4.91 Å². The number of halogens is 1. The zero-order valence-corrected chi connectivity index (χ0v) is 7.99. The van der Waals surface area contributed by atoms with E-state index in [4.69, 9.17) is 16.3 Å². The molecule has 4 heteroatoms. The first-order valence-corrected chi connectivity index (χ1v) is 4.31. The number of rotatable bonds is 4. The minimum absolute atomic E-state index is 0.257. The first-order valence-electron chi connectivity index (χ1n) is 3.94. The lowest BCUT2D eigenvalue weighted by atomic mass is 10.3. The second-order valence-electron chi connectivity index (χ2n) is 2.70. The summed E-state index contributed by atoms with van der Waals surface area (Å²) >= 11 is 5.82. The second-order valence-corrected chi connectivity index (χ2v) is 3.10. The lowest BCUT2D eigenvalue weighted by molar-refractivity contribution is 0.296. The summed E-state index contributed by atoms with van der Waals surface area (Å²) in [5, 5.41) is 3.36. The van der Waals surface area contributed by atoms with Gasteiger partial charge in [-0.05, 0) is 19.1 Å². The van der Waals surface area contributed by atoms with E-state index in [2.05, 4.69) is 5.18 Å². The average molecular weight is 200 g/mol. The predicted octanol–water partition coefficient (Wildman–Crippen LogP) is 2.87. The first-order chi connectivity index (χ1) is 6.24. The summed E-state index contributed by atoms with van der Waals surface area (Å²) in [6, 6.07) is 6.77. The molecule has 0 spiro atoms. The molecule has 0 radical (unpaired) electrons. The summed E-state index contributed by atoms with van der Waals surface area (Å²) in [5.74, 6) is 0.583. The number of hydrogen-bond donors (Lipinski definition) is 0. The van der Waals surface area contributed by atoms with E-state index in [1.54, 1.807) is 19.1 Å². The van der Waals surface area contributed by atoms with Gasteiger partial charge in [0.2, 0.25) is 0 Å². The van der Waals surface area contributed by atoms with Crippen LogP contribution in [0, 0.1) is 4.91 Å². The molecule has 0 aliphatic carbocycles. The number of para-hydroxylation sites is 1. The van der Waals surface area contributed by atoms with Crippen molar-refractivity contribution in [1.82, 2.24) is 0 Å². The molecule has 1 atom stereocenters. The van der Waals surface area contributed by atoms with Crippen LogP contribution in [0.15, 0.2) is 29.4 Å². The Kier molecular flexibility index (Phi) is 3.71. The SMILES string of the molecule is CC(COc1ccccc1Cl)N=O. The van der Waals surface area contributed by atoms with E-state index in [1.807, 2.05) is 12.1 Å². The van der Waals surface area contributed by atoms with Crippen molar-refractivity contribution in [2.75, 3.05) is 6.61 Å². The van der Waals surface area contributed by atoms with Gasteiger partial charge in [0.1, 0.15) is 18.4 Å². The molecular formula is C9H10ClNO2. The van der Waals surface area contributed by atoms with Gasteiger partial charge in [-0.15, -0.1) is 0 Å². The molecule has 0 aliphatic rings. The molecule has 70 valence electrons. The Morgan fingerprint density at radius 3 is 2.85 bits per heavy atom. The molecule has 0 saturated carbocycles. The molecule has 13 heavy (non-hydrogen) atoms. The van der Waals surface area contributed by atoms with Crippen LogP contribution in [0.25, 0.3) is 0 Å². The fourth-order valence-electron chi connectivity index (χ4n) is 0.803. The molecule has 0 aliphatic heterocycles. The summed E-state index contributed by atoms with van der Waals surface area (Å²) in [4.78, 5) is 10.0. The monoisotopic (exact) mass is 199 g/mol. The Hall–Kier alpha value is -1.09. The van der Waals surface area contributed by atoms with E-state index >= 15 is 0 Å². The third-order valence-corrected chi connectivity index (χ3v) is 1.81. The fourth-order valence-corrected chi connectivity index (χ4v) is 0.993. The molecule has 0 N–H and O–H groups in total. The maximum absolute atomic E-state index is 10.0. The zero-order chi connectivity index (χ0) is 9.68. The molecule has 1 aromatic carbocycles. The van der Waals surface area contributed by atoms with Crippen molar-refractivity contribution in [2.24, 2.45) is 5.18 Å². The molecule has 3 nitrogen and oxygen atoms in total. The van der Waals surface area contributed by atoms with Gasteiger partial charge in [-0.1, -0.05) is 28.9 Å². The van der Waals surface area contributed by atoms with Crippen molar-refractivity contribution in [3.05, 3.63) is 34.2 Å². The number of hydrogen-bond acceptors (Lipinski definition) is 3. The number of ether oxygens (including phenoxy) is 1. The van der Waals surface area contributed by atoms with E-state index in [1.165, 1.54) is 0 Å². The van der Waals surface area contributed by atoms with Gasteiger partial charge in [0.05, 0.1) is 5.02 Å². The van der Waals surface area contributed by atoms with Crippen LogP contribution < -0.4 is 4.74 Å².